The lowest BCUT2D eigenvalue weighted by atomic mass is 9.48. The summed E-state index contributed by atoms with van der Waals surface area (Å²) in [6, 6.07) is 0. The lowest BCUT2D eigenvalue weighted by Crippen LogP contribution is -2.59. The Morgan fingerprint density at radius 3 is 1.59 bits per heavy atom. The van der Waals surface area contributed by atoms with Gasteiger partial charge in [-0.3, -0.25) is 14.1 Å². The fourth-order valence-electron chi connectivity index (χ4n) is 9.98. The zero-order valence-electron chi connectivity index (χ0n) is 22.6. The van der Waals surface area contributed by atoms with Crippen LogP contribution in [0.5, 0.6) is 0 Å². The molecule has 3 N–H and O–H groups in total. The molecule has 0 radical (unpaired) electrons. The van der Waals surface area contributed by atoms with Gasteiger partial charge in [0.15, 0.2) is 6.10 Å². The van der Waals surface area contributed by atoms with Crippen molar-refractivity contribution in [3.05, 3.63) is 0 Å². The molecule has 230 valence electrons. The molecular formula is C27H36F2O11S. The van der Waals surface area contributed by atoms with Crippen LogP contribution in [0, 0.1) is 34.5 Å². The Labute approximate surface area is 236 Å². The Hall–Kier alpha value is -1.90. The normalized spacial score (nSPS) is 43.0. The van der Waals surface area contributed by atoms with Crippen molar-refractivity contribution >= 4 is 28.0 Å². The summed E-state index contributed by atoms with van der Waals surface area (Å²) in [5.41, 5.74) is -3.91. The van der Waals surface area contributed by atoms with Gasteiger partial charge in [0.2, 0.25) is 0 Å². The zero-order valence-corrected chi connectivity index (χ0v) is 23.4. The summed E-state index contributed by atoms with van der Waals surface area (Å²) in [6.45, 7) is -1.71. The van der Waals surface area contributed by atoms with Gasteiger partial charge in [-0.2, -0.15) is 17.2 Å². The van der Waals surface area contributed by atoms with Crippen molar-refractivity contribution in [1.29, 1.82) is 0 Å². The van der Waals surface area contributed by atoms with E-state index >= 15 is 0 Å². The first-order valence-corrected chi connectivity index (χ1v) is 15.7. The van der Waals surface area contributed by atoms with E-state index < -0.39 is 74.6 Å². The predicted octanol–water partition coefficient (Wildman–Crippen LogP) is 2.13. The molecule has 8 fully saturated rings. The first kappa shape index (κ1) is 29.2. The van der Waals surface area contributed by atoms with Crippen LogP contribution in [0.3, 0.4) is 0 Å². The van der Waals surface area contributed by atoms with Gasteiger partial charge in [0.05, 0.1) is 22.0 Å². The van der Waals surface area contributed by atoms with E-state index in [0.717, 1.165) is 12.8 Å². The molecule has 8 aliphatic rings. The van der Waals surface area contributed by atoms with E-state index in [1.807, 2.05) is 0 Å². The van der Waals surface area contributed by atoms with E-state index in [-0.39, 0.29) is 36.5 Å². The molecule has 8 saturated carbocycles. The number of esters is 3. The molecule has 5 unspecified atom stereocenters. The van der Waals surface area contributed by atoms with Gasteiger partial charge in [-0.05, 0) is 101 Å². The Kier molecular flexibility index (Phi) is 6.62. The summed E-state index contributed by atoms with van der Waals surface area (Å²) < 4.78 is 73.8. The van der Waals surface area contributed by atoms with Crippen LogP contribution in [-0.2, 0) is 38.7 Å². The van der Waals surface area contributed by atoms with Crippen LogP contribution >= 0.6 is 0 Å². The zero-order chi connectivity index (χ0) is 29.6. The van der Waals surface area contributed by atoms with Crippen molar-refractivity contribution in [3.8, 4) is 0 Å². The maximum absolute atomic E-state index is 13.8. The van der Waals surface area contributed by atoms with Gasteiger partial charge < -0.3 is 24.4 Å². The smallest absolute Gasteiger partial charge is 0.461 e. The molecule has 5 atom stereocenters. The maximum Gasteiger partial charge on any atom is 0.465 e. The first-order valence-electron chi connectivity index (χ1n) is 14.3. The van der Waals surface area contributed by atoms with Gasteiger partial charge in [-0.15, -0.1) is 0 Å². The van der Waals surface area contributed by atoms with Crippen LogP contribution < -0.4 is 0 Å². The number of halogens is 2. The van der Waals surface area contributed by atoms with Crippen molar-refractivity contribution in [2.24, 2.45) is 34.5 Å². The molecule has 0 aromatic heterocycles. The van der Waals surface area contributed by atoms with Crippen LogP contribution in [0.25, 0.3) is 0 Å². The molecule has 0 aliphatic heterocycles. The molecule has 0 heterocycles. The molecule has 11 nitrogen and oxygen atoms in total. The third-order valence-electron chi connectivity index (χ3n) is 10.6. The lowest BCUT2D eigenvalue weighted by molar-refractivity contribution is -0.209. The van der Waals surface area contributed by atoms with Crippen LogP contribution in [0.4, 0.5) is 8.78 Å². The van der Waals surface area contributed by atoms with E-state index in [4.69, 9.17) is 14.0 Å². The van der Waals surface area contributed by atoms with Crippen LogP contribution in [0.15, 0.2) is 0 Å². The molecule has 0 spiro atoms. The van der Waals surface area contributed by atoms with Crippen molar-refractivity contribution in [1.82, 2.24) is 0 Å². The minimum atomic E-state index is -6.12. The second kappa shape index (κ2) is 9.30. The van der Waals surface area contributed by atoms with Gasteiger partial charge in [0.1, 0.15) is 13.2 Å². The van der Waals surface area contributed by atoms with Gasteiger partial charge in [-0.1, -0.05) is 0 Å². The quantitative estimate of drug-likeness (QED) is 0.199. The number of hydrogen-bond acceptors (Lipinski definition) is 10. The monoisotopic (exact) mass is 606 g/mol. The standard InChI is InChI=1S/C27H36F2O11S/c28-27(29,41(35,36)37)22(32)39-12-19(40-21(31)24-5-17-2-18(6-24)10-26(34,9-17)14-24)11-38-20(30)23-3-15-1-16(4-23)8-25(33,7-15)13-23/h15-19,33-34H,1-14H2,(H,35,36,37). The number of carbonyl (C=O) groups is 3. The highest BCUT2D eigenvalue weighted by Crippen LogP contribution is 2.63. The summed E-state index contributed by atoms with van der Waals surface area (Å²) in [4.78, 5) is 38.8. The minimum absolute atomic E-state index is 0.123. The van der Waals surface area contributed by atoms with Gasteiger partial charge in [-0.25, -0.2) is 4.79 Å². The SMILES string of the molecule is O=C(OCC(COC(=O)C(F)(F)S(=O)(=O)O)OC(=O)C12CC3CC(CC(O)(C3)C1)C2)C12CC3CC(CC(O)(C3)C1)C2. The summed E-state index contributed by atoms with van der Waals surface area (Å²) in [7, 11) is -6.12. The van der Waals surface area contributed by atoms with E-state index in [1.54, 1.807) is 0 Å². The van der Waals surface area contributed by atoms with Crippen LogP contribution in [0.2, 0.25) is 0 Å². The Bertz CT molecular complexity index is 1220. The number of carbonyl (C=O) groups excluding carboxylic acids is 3. The van der Waals surface area contributed by atoms with E-state index in [1.165, 1.54) is 0 Å². The molecule has 0 aromatic rings. The van der Waals surface area contributed by atoms with Crippen molar-refractivity contribution < 1.29 is 60.6 Å². The number of aliphatic hydroxyl groups is 2. The van der Waals surface area contributed by atoms with Gasteiger partial charge >= 0.3 is 33.3 Å². The van der Waals surface area contributed by atoms with E-state index in [2.05, 4.69) is 4.74 Å². The lowest BCUT2D eigenvalue weighted by Gasteiger charge is -2.59. The minimum Gasteiger partial charge on any atom is -0.461 e. The maximum atomic E-state index is 13.8. The average Bonchev–Trinajstić information content (AvgIpc) is 2.81. The van der Waals surface area contributed by atoms with E-state index in [0.29, 0.717) is 51.4 Å². The largest absolute Gasteiger partial charge is 0.465 e. The molecule has 8 bridgehead atoms. The number of hydrogen-bond donors (Lipinski definition) is 3. The molecule has 8 rings (SSSR count). The molecule has 14 heteroatoms. The van der Waals surface area contributed by atoms with Gasteiger partial charge in [0.25, 0.3) is 0 Å². The van der Waals surface area contributed by atoms with Crippen LogP contribution in [-0.4, -0.2) is 76.9 Å². The number of ether oxygens (including phenoxy) is 3. The summed E-state index contributed by atoms with van der Waals surface area (Å²) in [6.07, 6.45) is 5.08. The summed E-state index contributed by atoms with van der Waals surface area (Å²) in [5.74, 6) is -3.32. The van der Waals surface area contributed by atoms with Gasteiger partial charge in [0, 0.05) is 0 Å². The fraction of sp³-hybridized carbons (Fsp3) is 0.889. The Morgan fingerprint density at radius 2 is 1.17 bits per heavy atom. The topological polar surface area (TPSA) is 174 Å². The molecular weight excluding hydrogens is 570 g/mol. The second-order valence-corrected chi connectivity index (χ2v) is 15.6. The van der Waals surface area contributed by atoms with E-state index in [9.17, 15) is 41.8 Å². The second-order valence-electron chi connectivity index (χ2n) is 14.1. The molecule has 8 aliphatic carbocycles. The van der Waals surface area contributed by atoms with Crippen molar-refractivity contribution in [2.45, 2.75) is 99.6 Å². The van der Waals surface area contributed by atoms with Crippen molar-refractivity contribution in [2.75, 3.05) is 13.2 Å². The predicted molar refractivity (Wildman–Crippen MR) is 132 cm³/mol. The molecule has 41 heavy (non-hydrogen) atoms. The Balaban J connectivity index is 1.17. The molecule has 0 amide bonds. The molecule has 0 aromatic carbocycles. The first-order chi connectivity index (χ1) is 18.9. The van der Waals surface area contributed by atoms with Crippen molar-refractivity contribution in [3.63, 3.8) is 0 Å². The summed E-state index contributed by atoms with van der Waals surface area (Å²) in [5, 5.41) is 16.7. The summed E-state index contributed by atoms with van der Waals surface area (Å²) >= 11 is 0. The number of alkyl halides is 2. The Morgan fingerprint density at radius 1 is 0.756 bits per heavy atom. The highest BCUT2D eigenvalue weighted by atomic mass is 32.2. The average molecular weight is 607 g/mol. The van der Waals surface area contributed by atoms with Crippen LogP contribution in [0.1, 0.15) is 77.0 Å². The highest BCUT2D eigenvalue weighted by Gasteiger charge is 2.63. The third kappa shape index (κ3) is 5.06. The fourth-order valence-corrected chi connectivity index (χ4v) is 10.2. The molecule has 0 saturated heterocycles. The number of rotatable bonds is 9. The highest BCUT2D eigenvalue weighted by molar-refractivity contribution is 7.87. The third-order valence-corrected chi connectivity index (χ3v) is 11.4.